The number of hydrogen-bond donors (Lipinski definition) is 1. The summed E-state index contributed by atoms with van der Waals surface area (Å²) in [5.74, 6) is -0.606. The molecule has 0 bridgehead atoms. The van der Waals surface area contributed by atoms with Gasteiger partial charge in [-0.15, -0.1) is 0 Å². The minimum Gasteiger partial charge on any atom is -0.343 e. The lowest BCUT2D eigenvalue weighted by molar-refractivity contribution is 0.0751. The van der Waals surface area contributed by atoms with Crippen LogP contribution in [0.4, 0.5) is 5.69 Å². The van der Waals surface area contributed by atoms with Crippen LogP contribution in [0.1, 0.15) is 10.4 Å². The van der Waals surface area contributed by atoms with Gasteiger partial charge in [-0.25, -0.2) is 4.79 Å². The van der Waals surface area contributed by atoms with Gasteiger partial charge in [-0.05, 0) is 18.2 Å². The highest BCUT2D eigenvalue weighted by Gasteiger charge is 2.05. The molecule has 0 aliphatic carbocycles. The van der Waals surface area contributed by atoms with Gasteiger partial charge in [-0.2, -0.15) is 0 Å². The van der Waals surface area contributed by atoms with E-state index >= 15 is 0 Å². The minimum atomic E-state index is -0.606. The highest BCUT2D eigenvalue weighted by Crippen LogP contribution is 2.12. The summed E-state index contributed by atoms with van der Waals surface area (Å²) in [5.41, 5.74) is 0.951. The summed E-state index contributed by atoms with van der Waals surface area (Å²) < 4.78 is 4.00. The fourth-order valence-corrected chi connectivity index (χ4v) is 0.956. The Morgan fingerprint density at radius 3 is 2.83 bits per heavy atom. The smallest absolute Gasteiger partial charge is 0.343 e. The highest BCUT2D eigenvalue weighted by molar-refractivity contribution is 6.24. The second kappa shape index (κ2) is 4.18. The minimum absolute atomic E-state index is 0.343. The Balaban J connectivity index is 2.93. The third kappa shape index (κ3) is 2.03. The van der Waals surface area contributed by atoms with Crippen LogP contribution in [0.2, 0.25) is 0 Å². The van der Waals surface area contributed by atoms with E-state index in [4.69, 9.17) is 23.6 Å². The second-order valence-corrected chi connectivity index (χ2v) is 2.38. The summed E-state index contributed by atoms with van der Waals surface area (Å²) in [5, 5.41) is 0. The lowest BCUT2D eigenvalue weighted by atomic mass is 10.2. The average molecular weight is 206 g/mol. The van der Waals surface area contributed by atoms with Crippen LogP contribution in [0.5, 0.6) is 0 Å². The standard InChI is InChI=1S/C7H5Cl2NO2/c8-10-6-3-1-2-5(4-6)7(11)12-9/h1-4,10H. The Labute approximate surface area is 79.5 Å². The maximum Gasteiger partial charge on any atom is 0.356 e. The lowest BCUT2D eigenvalue weighted by Gasteiger charge is -1.99. The largest absolute Gasteiger partial charge is 0.356 e. The van der Waals surface area contributed by atoms with E-state index in [2.05, 4.69) is 9.13 Å². The molecule has 1 aromatic carbocycles. The second-order valence-electron chi connectivity index (χ2n) is 2.04. The summed E-state index contributed by atoms with van der Waals surface area (Å²) in [6.45, 7) is 0. The van der Waals surface area contributed by atoms with Crippen molar-refractivity contribution in [2.24, 2.45) is 0 Å². The molecular formula is C7H5Cl2NO2. The highest BCUT2D eigenvalue weighted by atomic mass is 35.5. The normalized spacial score (nSPS) is 9.17. The third-order valence-electron chi connectivity index (χ3n) is 1.28. The van der Waals surface area contributed by atoms with Crippen molar-refractivity contribution in [3.63, 3.8) is 0 Å². The SMILES string of the molecule is O=C(OCl)c1cccc(NCl)c1. The fraction of sp³-hybridized carbons (Fsp3) is 0. The van der Waals surface area contributed by atoms with Crippen LogP contribution in [0.25, 0.3) is 0 Å². The molecule has 0 spiro atoms. The number of rotatable bonds is 2. The van der Waals surface area contributed by atoms with Crippen LogP contribution in [-0.2, 0) is 4.29 Å². The molecular weight excluding hydrogens is 201 g/mol. The molecule has 5 heteroatoms. The monoisotopic (exact) mass is 205 g/mol. The molecule has 0 aliphatic heterocycles. The van der Waals surface area contributed by atoms with Gasteiger partial charge in [0.05, 0.1) is 5.56 Å². The van der Waals surface area contributed by atoms with Gasteiger partial charge >= 0.3 is 5.97 Å². The summed E-state index contributed by atoms with van der Waals surface area (Å²) in [4.78, 5) is 13.2. The number of anilines is 1. The Morgan fingerprint density at radius 1 is 1.50 bits per heavy atom. The van der Waals surface area contributed by atoms with Crippen LogP contribution in [0.15, 0.2) is 24.3 Å². The number of benzene rings is 1. The number of carbonyl (C=O) groups excluding carboxylic acids is 1. The molecule has 3 nitrogen and oxygen atoms in total. The van der Waals surface area contributed by atoms with Gasteiger partial charge in [0.2, 0.25) is 0 Å². The zero-order valence-corrected chi connectivity index (χ0v) is 7.39. The number of halogens is 2. The molecule has 0 saturated carbocycles. The summed E-state index contributed by atoms with van der Waals surface area (Å²) >= 11 is 10.2. The van der Waals surface area contributed by atoms with Crippen LogP contribution < -0.4 is 4.84 Å². The maximum absolute atomic E-state index is 10.9. The van der Waals surface area contributed by atoms with Crippen LogP contribution in [0, 0.1) is 0 Å². The molecule has 1 rings (SSSR count). The van der Waals surface area contributed by atoms with Gasteiger partial charge in [0.15, 0.2) is 0 Å². The van der Waals surface area contributed by atoms with E-state index < -0.39 is 5.97 Å². The average Bonchev–Trinajstić information content (AvgIpc) is 2.17. The van der Waals surface area contributed by atoms with Crippen molar-refractivity contribution in [2.45, 2.75) is 0 Å². The van der Waals surface area contributed by atoms with E-state index in [1.165, 1.54) is 6.07 Å². The van der Waals surface area contributed by atoms with Crippen molar-refractivity contribution >= 4 is 35.3 Å². The van der Waals surface area contributed by atoms with Gasteiger partial charge in [0.25, 0.3) is 0 Å². The molecule has 12 heavy (non-hydrogen) atoms. The van der Waals surface area contributed by atoms with Crippen molar-refractivity contribution in [2.75, 3.05) is 4.84 Å². The quantitative estimate of drug-likeness (QED) is 0.755. The van der Waals surface area contributed by atoms with Crippen LogP contribution >= 0.6 is 23.6 Å². The van der Waals surface area contributed by atoms with Crippen molar-refractivity contribution in [3.05, 3.63) is 29.8 Å². The van der Waals surface area contributed by atoms with Gasteiger partial charge in [-0.1, -0.05) is 6.07 Å². The summed E-state index contributed by atoms with van der Waals surface area (Å²) in [6, 6.07) is 6.46. The molecule has 64 valence electrons. The molecule has 0 saturated heterocycles. The predicted molar refractivity (Wildman–Crippen MR) is 47.2 cm³/mol. The van der Waals surface area contributed by atoms with E-state index in [0.717, 1.165) is 0 Å². The zero-order valence-electron chi connectivity index (χ0n) is 5.88. The van der Waals surface area contributed by atoms with Gasteiger partial charge in [0.1, 0.15) is 11.9 Å². The van der Waals surface area contributed by atoms with Crippen molar-refractivity contribution in [3.8, 4) is 0 Å². The molecule has 0 heterocycles. The number of carbonyl (C=O) groups is 1. The molecule has 0 aliphatic rings. The Bertz CT molecular complexity index is 290. The van der Waals surface area contributed by atoms with Crippen molar-refractivity contribution < 1.29 is 9.08 Å². The zero-order chi connectivity index (χ0) is 8.97. The molecule has 0 fully saturated rings. The van der Waals surface area contributed by atoms with E-state index in [1.54, 1.807) is 18.2 Å². The van der Waals surface area contributed by atoms with E-state index in [0.29, 0.717) is 11.3 Å². The first-order valence-corrected chi connectivity index (χ1v) is 3.76. The summed E-state index contributed by atoms with van der Waals surface area (Å²) in [6.07, 6.45) is 0. The lowest BCUT2D eigenvalue weighted by Crippen LogP contribution is -1.97. The molecule has 1 aromatic rings. The van der Waals surface area contributed by atoms with Crippen molar-refractivity contribution in [1.29, 1.82) is 0 Å². The van der Waals surface area contributed by atoms with Crippen LogP contribution in [0.3, 0.4) is 0 Å². The van der Waals surface area contributed by atoms with E-state index in [1.807, 2.05) is 0 Å². The molecule has 0 atom stereocenters. The Kier molecular flexibility index (Phi) is 3.19. The van der Waals surface area contributed by atoms with Gasteiger partial charge in [-0.3, -0.25) is 4.84 Å². The first kappa shape index (κ1) is 9.16. The molecule has 0 aromatic heterocycles. The third-order valence-corrected chi connectivity index (χ3v) is 1.64. The van der Waals surface area contributed by atoms with Crippen LogP contribution in [-0.4, -0.2) is 5.97 Å². The first-order chi connectivity index (χ1) is 5.77. The predicted octanol–water partition coefficient (Wildman–Crippen LogP) is 2.56. The maximum atomic E-state index is 10.9. The van der Waals surface area contributed by atoms with Gasteiger partial charge < -0.3 is 4.29 Å². The molecule has 0 unspecified atom stereocenters. The van der Waals surface area contributed by atoms with E-state index in [-0.39, 0.29) is 0 Å². The number of hydrogen-bond acceptors (Lipinski definition) is 3. The first-order valence-electron chi connectivity index (χ1n) is 3.07. The Hall–Kier alpha value is -0.930. The molecule has 0 amide bonds. The Morgan fingerprint density at radius 2 is 2.25 bits per heavy atom. The molecule has 1 N–H and O–H groups in total. The van der Waals surface area contributed by atoms with Gasteiger partial charge in [0, 0.05) is 17.5 Å². The number of nitrogens with one attached hydrogen (secondary N) is 1. The van der Waals surface area contributed by atoms with Crippen molar-refractivity contribution in [1.82, 2.24) is 0 Å². The molecule has 0 radical (unpaired) electrons. The topological polar surface area (TPSA) is 38.3 Å². The van der Waals surface area contributed by atoms with E-state index in [9.17, 15) is 4.79 Å². The summed E-state index contributed by atoms with van der Waals surface area (Å²) in [7, 11) is 0. The fourth-order valence-electron chi connectivity index (χ4n) is 0.749.